The van der Waals surface area contributed by atoms with E-state index in [1.165, 1.54) is 0 Å². The fraction of sp³-hybridized carbons (Fsp3) is 0.222. The molecule has 0 atom stereocenters. The summed E-state index contributed by atoms with van der Waals surface area (Å²) in [6, 6.07) is 19.8. The summed E-state index contributed by atoms with van der Waals surface area (Å²) in [4.78, 5) is 11.9. The van der Waals surface area contributed by atoms with Gasteiger partial charge in [-0.15, -0.1) is 0 Å². The molecule has 0 spiro atoms. The topological polar surface area (TPSA) is 69.9 Å². The van der Waals surface area contributed by atoms with E-state index in [-0.39, 0.29) is 5.91 Å². The van der Waals surface area contributed by atoms with Crippen LogP contribution >= 0.6 is 0 Å². The van der Waals surface area contributed by atoms with Crippen LogP contribution < -0.4 is 14.8 Å². The number of amides is 1. The van der Waals surface area contributed by atoms with Crippen LogP contribution in [0, 0.1) is 0 Å². The number of furan rings is 1. The first-order chi connectivity index (χ1) is 16.2. The average molecular weight is 443 g/mol. The monoisotopic (exact) mass is 443 g/mol. The first-order valence-electron chi connectivity index (χ1n) is 10.9. The van der Waals surface area contributed by atoms with Gasteiger partial charge in [-0.05, 0) is 23.3 Å². The van der Waals surface area contributed by atoms with Crippen molar-refractivity contribution in [2.45, 2.75) is 19.4 Å². The molecule has 5 rings (SSSR count). The minimum atomic E-state index is -0.00676. The highest BCUT2D eigenvalue weighted by molar-refractivity contribution is 6.05. The standard InChI is InChI=1S/C27H25NO5/c1-30-23-10-6-9-19(27(23)31-2)26-20-13-18-14-25(29)28-21(18)15-24(20)33-22(26)11-12-32-16-17-7-4-3-5-8-17/h3-10,13,15H,11-12,14,16H2,1-2H3,(H,28,29). The Labute approximate surface area is 192 Å². The summed E-state index contributed by atoms with van der Waals surface area (Å²) in [5, 5.41) is 3.84. The smallest absolute Gasteiger partial charge is 0.228 e. The van der Waals surface area contributed by atoms with Crippen LogP contribution in [0.5, 0.6) is 11.5 Å². The molecule has 4 aromatic rings. The van der Waals surface area contributed by atoms with E-state index in [2.05, 4.69) is 5.32 Å². The highest BCUT2D eigenvalue weighted by Gasteiger charge is 2.25. The summed E-state index contributed by atoms with van der Waals surface area (Å²) >= 11 is 0. The highest BCUT2D eigenvalue weighted by atomic mass is 16.5. The third kappa shape index (κ3) is 4.05. The van der Waals surface area contributed by atoms with E-state index in [4.69, 9.17) is 18.6 Å². The van der Waals surface area contributed by atoms with Crippen molar-refractivity contribution in [2.24, 2.45) is 0 Å². The molecular weight excluding hydrogens is 418 g/mol. The Bertz CT molecular complexity index is 1310. The van der Waals surface area contributed by atoms with E-state index >= 15 is 0 Å². The van der Waals surface area contributed by atoms with Gasteiger partial charge in [0.15, 0.2) is 11.5 Å². The van der Waals surface area contributed by atoms with Crippen LogP contribution in [0.25, 0.3) is 22.1 Å². The van der Waals surface area contributed by atoms with Crippen LogP contribution in [-0.4, -0.2) is 26.7 Å². The van der Waals surface area contributed by atoms with Gasteiger partial charge in [0.1, 0.15) is 11.3 Å². The number of nitrogens with one attached hydrogen (secondary N) is 1. The zero-order chi connectivity index (χ0) is 22.8. The predicted octanol–water partition coefficient (Wildman–Crippen LogP) is 5.37. The van der Waals surface area contributed by atoms with Crippen molar-refractivity contribution >= 4 is 22.6 Å². The second-order valence-electron chi connectivity index (χ2n) is 7.96. The summed E-state index contributed by atoms with van der Waals surface area (Å²) in [6.07, 6.45) is 0.953. The molecule has 0 fully saturated rings. The molecule has 1 N–H and O–H groups in total. The molecule has 3 aromatic carbocycles. The van der Waals surface area contributed by atoms with Gasteiger partial charge in [-0.2, -0.15) is 0 Å². The van der Waals surface area contributed by atoms with Crippen molar-refractivity contribution in [1.82, 2.24) is 0 Å². The van der Waals surface area contributed by atoms with Crippen LogP contribution in [0.3, 0.4) is 0 Å². The summed E-state index contributed by atoms with van der Waals surface area (Å²) in [5.41, 5.74) is 5.43. The molecule has 0 saturated heterocycles. The Morgan fingerprint density at radius 3 is 2.64 bits per heavy atom. The second-order valence-corrected chi connectivity index (χ2v) is 7.96. The Kier molecular flexibility index (Phi) is 5.75. The summed E-state index contributed by atoms with van der Waals surface area (Å²) in [5.74, 6) is 2.09. The third-order valence-corrected chi connectivity index (χ3v) is 5.87. The molecule has 0 unspecified atom stereocenters. The molecular formula is C27H25NO5. The molecule has 1 aliphatic heterocycles. The van der Waals surface area contributed by atoms with Crippen LogP contribution in [-0.2, 0) is 29.0 Å². The zero-order valence-electron chi connectivity index (χ0n) is 18.6. The Morgan fingerprint density at radius 1 is 1.00 bits per heavy atom. The predicted molar refractivity (Wildman–Crippen MR) is 127 cm³/mol. The molecule has 1 aliphatic rings. The van der Waals surface area contributed by atoms with Gasteiger partial charge in [0.2, 0.25) is 5.91 Å². The Morgan fingerprint density at radius 2 is 1.85 bits per heavy atom. The van der Waals surface area contributed by atoms with E-state index in [0.717, 1.165) is 39.1 Å². The molecule has 33 heavy (non-hydrogen) atoms. The summed E-state index contributed by atoms with van der Waals surface area (Å²) in [7, 11) is 3.25. The molecule has 1 aromatic heterocycles. The number of hydrogen-bond acceptors (Lipinski definition) is 5. The maximum absolute atomic E-state index is 11.9. The van der Waals surface area contributed by atoms with Crippen molar-refractivity contribution in [2.75, 3.05) is 26.1 Å². The fourth-order valence-corrected chi connectivity index (χ4v) is 4.35. The molecule has 6 heteroatoms. The van der Waals surface area contributed by atoms with Crippen molar-refractivity contribution in [1.29, 1.82) is 0 Å². The van der Waals surface area contributed by atoms with E-state index < -0.39 is 0 Å². The van der Waals surface area contributed by atoms with Gasteiger partial charge in [-0.3, -0.25) is 4.79 Å². The largest absolute Gasteiger partial charge is 0.493 e. The Balaban J connectivity index is 1.54. The van der Waals surface area contributed by atoms with Gasteiger partial charge in [-0.1, -0.05) is 42.5 Å². The minimum Gasteiger partial charge on any atom is -0.493 e. The van der Waals surface area contributed by atoms with Crippen LogP contribution in [0.4, 0.5) is 5.69 Å². The van der Waals surface area contributed by atoms with Gasteiger partial charge >= 0.3 is 0 Å². The molecule has 0 aliphatic carbocycles. The maximum atomic E-state index is 11.9. The average Bonchev–Trinajstić information content (AvgIpc) is 3.38. The first kappa shape index (κ1) is 21.1. The lowest BCUT2D eigenvalue weighted by molar-refractivity contribution is -0.115. The second kappa shape index (κ2) is 9.00. The van der Waals surface area contributed by atoms with Gasteiger partial charge in [0.05, 0.1) is 33.9 Å². The van der Waals surface area contributed by atoms with Crippen molar-refractivity contribution in [3.63, 3.8) is 0 Å². The number of fused-ring (bicyclic) bond motifs is 2. The molecule has 6 nitrogen and oxygen atoms in total. The molecule has 2 heterocycles. The molecule has 0 saturated carbocycles. The minimum absolute atomic E-state index is 0.00676. The number of carbonyl (C=O) groups excluding carboxylic acids is 1. The van der Waals surface area contributed by atoms with Gasteiger partial charge in [0, 0.05) is 34.7 Å². The lowest BCUT2D eigenvalue weighted by Crippen LogP contribution is -2.03. The summed E-state index contributed by atoms with van der Waals surface area (Å²) in [6.45, 7) is 1.05. The van der Waals surface area contributed by atoms with Crippen LogP contribution in [0.15, 0.2) is 65.1 Å². The number of rotatable bonds is 8. The number of carbonyl (C=O) groups is 1. The number of ether oxygens (including phenoxy) is 3. The number of methoxy groups -OCH3 is 2. The van der Waals surface area contributed by atoms with Crippen molar-refractivity contribution in [3.05, 3.63) is 77.6 Å². The van der Waals surface area contributed by atoms with E-state index in [1.54, 1.807) is 14.2 Å². The number of hydrogen-bond donors (Lipinski definition) is 1. The molecule has 0 bridgehead atoms. The van der Waals surface area contributed by atoms with Crippen molar-refractivity contribution in [3.8, 4) is 22.6 Å². The van der Waals surface area contributed by atoms with Crippen LogP contribution in [0.2, 0.25) is 0 Å². The number of para-hydroxylation sites is 1. The van der Waals surface area contributed by atoms with Gasteiger partial charge < -0.3 is 23.9 Å². The highest BCUT2D eigenvalue weighted by Crippen LogP contribution is 2.45. The first-order valence-corrected chi connectivity index (χ1v) is 10.9. The Hall–Kier alpha value is -3.77. The zero-order valence-corrected chi connectivity index (χ0v) is 18.6. The van der Waals surface area contributed by atoms with Crippen LogP contribution in [0.1, 0.15) is 16.9 Å². The molecule has 168 valence electrons. The lowest BCUT2D eigenvalue weighted by atomic mass is 9.97. The number of anilines is 1. The van der Waals surface area contributed by atoms with Crippen molar-refractivity contribution < 1.29 is 23.4 Å². The SMILES string of the molecule is COc1cccc(-c2c(CCOCc3ccccc3)oc3cc4c(cc23)CC(=O)N4)c1OC. The third-order valence-electron chi connectivity index (χ3n) is 5.87. The molecule has 1 amide bonds. The number of benzene rings is 3. The molecule has 0 radical (unpaired) electrons. The van der Waals surface area contributed by atoms with E-state index in [0.29, 0.717) is 43.1 Å². The lowest BCUT2D eigenvalue weighted by Gasteiger charge is -2.13. The normalized spacial score (nSPS) is 12.6. The van der Waals surface area contributed by atoms with Gasteiger partial charge in [0.25, 0.3) is 0 Å². The van der Waals surface area contributed by atoms with E-state index in [9.17, 15) is 4.79 Å². The maximum Gasteiger partial charge on any atom is 0.228 e. The fourth-order valence-electron chi connectivity index (χ4n) is 4.35. The quantitative estimate of drug-likeness (QED) is 0.371. The van der Waals surface area contributed by atoms with E-state index in [1.807, 2.05) is 60.7 Å². The van der Waals surface area contributed by atoms with Gasteiger partial charge in [-0.25, -0.2) is 0 Å². The summed E-state index contributed by atoms with van der Waals surface area (Å²) < 4.78 is 23.5.